The summed E-state index contributed by atoms with van der Waals surface area (Å²) < 4.78 is 31.8. The van der Waals surface area contributed by atoms with Crippen LogP contribution in [0.5, 0.6) is 0 Å². The van der Waals surface area contributed by atoms with Gasteiger partial charge < -0.3 is 14.9 Å². The molecule has 1 saturated heterocycles. The molecule has 2 rings (SSSR count). The van der Waals surface area contributed by atoms with Gasteiger partial charge in [-0.25, -0.2) is 9.18 Å². The lowest BCUT2D eigenvalue weighted by Gasteiger charge is -2.26. The van der Waals surface area contributed by atoms with Gasteiger partial charge in [-0.2, -0.15) is 4.39 Å². The molecule has 106 valence electrons. The fraction of sp³-hybridized carbons (Fsp3) is 0.600. The molecule has 1 aromatic rings. The lowest BCUT2D eigenvalue weighted by Crippen LogP contribution is -2.45. The number of ether oxygens (including phenoxy) is 1. The molecule has 2 heterocycles. The number of halogens is 2. The molecule has 0 amide bonds. The zero-order valence-electron chi connectivity index (χ0n) is 9.68. The third-order valence-electron chi connectivity index (χ3n) is 3.13. The van der Waals surface area contributed by atoms with E-state index in [1.54, 1.807) is 4.98 Å². The first kappa shape index (κ1) is 13.8. The second-order valence-electron chi connectivity index (χ2n) is 4.32. The van der Waals surface area contributed by atoms with E-state index in [0.29, 0.717) is 10.8 Å². The maximum absolute atomic E-state index is 13.1. The van der Waals surface area contributed by atoms with Crippen LogP contribution >= 0.6 is 0 Å². The van der Waals surface area contributed by atoms with Crippen LogP contribution in [0.15, 0.2) is 15.8 Å². The molecule has 3 N–H and O–H groups in total. The largest absolute Gasteiger partial charge is 0.393 e. The number of rotatable bonds is 3. The predicted octanol–water partition coefficient (Wildman–Crippen LogP) is -1.34. The van der Waals surface area contributed by atoms with Crippen molar-refractivity contribution in [3.63, 3.8) is 0 Å². The number of aromatic nitrogens is 2. The summed E-state index contributed by atoms with van der Waals surface area (Å²) in [6.45, 7) is -1.95. The average molecular weight is 278 g/mol. The smallest absolute Gasteiger partial charge is 0.330 e. The monoisotopic (exact) mass is 278 g/mol. The molecule has 1 fully saturated rings. The van der Waals surface area contributed by atoms with Crippen LogP contribution in [0.3, 0.4) is 0 Å². The van der Waals surface area contributed by atoms with Gasteiger partial charge in [-0.15, -0.1) is 0 Å². The summed E-state index contributed by atoms with van der Waals surface area (Å²) in [4.78, 5) is 24.1. The van der Waals surface area contributed by atoms with E-state index >= 15 is 0 Å². The van der Waals surface area contributed by atoms with Crippen molar-refractivity contribution in [3.8, 4) is 0 Å². The third-order valence-corrected chi connectivity index (χ3v) is 3.13. The van der Waals surface area contributed by atoms with E-state index < -0.39 is 48.3 Å². The first-order chi connectivity index (χ1) is 8.93. The highest BCUT2D eigenvalue weighted by Crippen LogP contribution is 2.36. The standard InChI is InChI=1S/C10H12F2N2O5/c11-3-10(4-15)6(16)1-7(19-10)14-2-5(12)8(17)13-9(14)18/h2,6-7,15-16H,1,3-4H2,(H,13,17,18)/t6-,7+,10+/m0/s1. The second-order valence-corrected chi connectivity index (χ2v) is 4.32. The van der Waals surface area contributed by atoms with Gasteiger partial charge in [0.1, 0.15) is 18.5 Å². The van der Waals surface area contributed by atoms with E-state index in [1.165, 1.54) is 0 Å². The maximum atomic E-state index is 13.1. The number of alkyl halides is 1. The number of H-pyrrole nitrogens is 1. The van der Waals surface area contributed by atoms with Gasteiger partial charge in [0.2, 0.25) is 5.82 Å². The van der Waals surface area contributed by atoms with Gasteiger partial charge >= 0.3 is 5.69 Å². The van der Waals surface area contributed by atoms with Crippen molar-refractivity contribution in [2.75, 3.05) is 13.3 Å². The molecule has 7 nitrogen and oxygen atoms in total. The molecule has 0 aromatic carbocycles. The molecule has 19 heavy (non-hydrogen) atoms. The summed E-state index contributed by atoms with van der Waals surface area (Å²) in [5, 5.41) is 18.8. The van der Waals surface area contributed by atoms with Gasteiger partial charge in [0, 0.05) is 6.42 Å². The predicted molar refractivity (Wildman–Crippen MR) is 57.8 cm³/mol. The Kier molecular flexibility index (Phi) is 3.52. The van der Waals surface area contributed by atoms with Crippen LogP contribution in [0.2, 0.25) is 0 Å². The Morgan fingerprint density at radius 1 is 1.58 bits per heavy atom. The Bertz CT molecular complexity index is 580. The van der Waals surface area contributed by atoms with E-state index in [4.69, 9.17) is 9.84 Å². The topological polar surface area (TPSA) is 105 Å². The van der Waals surface area contributed by atoms with E-state index in [-0.39, 0.29) is 6.42 Å². The SMILES string of the molecule is O=c1[nH]c(=O)n([C@H]2C[C@H](O)[C@](CO)(CF)O2)cc1F. The molecule has 0 bridgehead atoms. The highest BCUT2D eigenvalue weighted by atomic mass is 19.1. The van der Waals surface area contributed by atoms with Crippen LogP contribution < -0.4 is 11.2 Å². The first-order valence-corrected chi connectivity index (χ1v) is 5.47. The van der Waals surface area contributed by atoms with Gasteiger partial charge in [0.15, 0.2) is 0 Å². The van der Waals surface area contributed by atoms with Gasteiger partial charge in [-0.05, 0) is 0 Å². The van der Waals surface area contributed by atoms with Gasteiger partial charge in [-0.3, -0.25) is 14.3 Å². The van der Waals surface area contributed by atoms with Crippen LogP contribution in [0, 0.1) is 5.82 Å². The lowest BCUT2D eigenvalue weighted by molar-refractivity contribution is -0.138. The van der Waals surface area contributed by atoms with Crippen LogP contribution in [0.25, 0.3) is 0 Å². The summed E-state index contributed by atoms with van der Waals surface area (Å²) in [5.74, 6) is -1.21. The van der Waals surface area contributed by atoms with E-state index in [1.807, 2.05) is 0 Å². The van der Waals surface area contributed by atoms with E-state index in [9.17, 15) is 23.5 Å². The van der Waals surface area contributed by atoms with Crippen molar-refractivity contribution in [2.24, 2.45) is 0 Å². The van der Waals surface area contributed by atoms with Crippen molar-refractivity contribution in [3.05, 3.63) is 32.9 Å². The number of aromatic amines is 1. The van der Waals surface area contributed by atoms with Crippen LogP contribution in [-0.2, 0) is 4.74 Å². The fourth-order valence-corrected chi connectivity index (χ4v) is 1.95. The average Bonchev–Trinajstić information content (AvgIpc) is 2.71. The zero-order chi connectivity index (χ0) is 14.2. The Morgan fingerprint density at radius 2 is 2.26 bits per heavy atom. The third kappa shape index (κ3) is 2.20. The second kappa shape index (κ2) is 4.83. The Balaban J connectivity index is 2.38. The summed E-state index contributed by atoms with van der Waals surface area (Å²) in [6.07, 6.45) is -2.12. The molecule has 1 aliphatic rings. The lowest BCUT2D eigenvalue weighted by atomic mass is 10.00. The van der Waals surface area contributed by atoms with Gasteiger partial charge in [0.25, 0.3) is 5.56 Å². The number of aliphatic hydroxyl groups excluding tert-OH is 2. The fourth-order valence-electron chi connectivity index (χ4n) is 1.95. The minimum Gasteiger partial charge on any atom is -0.393 e. The molecule has 0 radical (unpaired) electrons. The quantitative estimate of drug-likeness (QED) is 0.634. The molecule has 0 aliphatic carbocycles. The molecule has 0 spiro atoms. The Hall–Kier alpha value is -1.58. The number of nitrogens with one attached hydrogen (secondary N) is 1. The zero-order valence-corrected chi connectivity index (χ0v) is 9.68. The number of hydrogen-bond donors (Lipinski definition) is 3. The molecule has 1 aromatic heterocycles. The number of hydrogen-bond acceptors (Lipinski definition) is 5. The van der Waals surface area contributed by atoms with Gasteiger partial charge in [-0.1, -0.05) is 0 Å². The summed E-state index contributed by atoms with van der Waals surface area (Å²) in [6, 6.07) is 0. The van der Waals surface area contributed by atoms with Crippen LogP contribution in [-0.4, -0.2) is 44.8 Å². The van der Waals surface area contributed by atoms with Gasteiger partial charge in [0.05, 0.1) is 18.9 Å². The Morgan fingerprint density at radius 3 is 2.79 bits per heavy atom. The molecular weight excluding hydrogens is 266 g/mol. The highest BCUT2D eigenvalue weighted by molar-refractivity contribution is 4.97. The summed E-state index contributed by atoms with van der Waals surface area (Å²) >= 11 is 0. The van der Waals surface area contributed by atoms with Crippen molar-refractivity contribution in [2.45, 2.75) is 24.4 Å². The van der Waals surface area contributed by atoms with Crippen LogP contribution in [0.4, 0.5) is 8.78 Å². The molecular formula is C10H12F2N2O5. The first-order valence-electron chi connectivity index (χ1n) is 5.47. The van der Waals surface area contributed by atoms with E-state index in [0.717, 1.165) is 0 Å². The van der Waals surface area contributed by atoms with Crippen molar-refractivity contribution >= 4 is 0 Å². The highest BCUT2D eigenvalue weighted by Gasteiger charge is 2.49. The summed E-state index contributed by atoms with van der Waals surface area (Å²) in [7, 11) is 0. The minimum atomic E-state index is -1.84. The Labute approximate surface area is 105 Å². The van der Waals surface area contributed by atoms with Crippen LogP contribution in [0.1, 0.15) is 12.6 Å². The summed E-state index contributed by atoms with van der Waals surface area (Å²) in [5.41, 5.74) is -3.97. The van der Waals surface area contributed by atoms with E-state index in [2.05, 4.69) is 0 Å². The molecule has 3 atom stereocenters. The number of aliphatic hydroxyl groups is 2. The number of nitrogens with zero attached hydrogens (tertiary/aromatic N) is 1. The van der Waals surface area contributed by atoms with Crippen molar-refractivity contribution in [1.29, 1.82) is 0 Å². The molecule has 0 unspecified atom stereocenters. The molecule has 1 aliphatic heterocycles. The molecule has 9 heteroatoms. The van der Waals surface area contributed by atoms with Crippen molar-refractivity contribution in [1.82, 2.24) is 9.55 Å². The molecule has 0 saturated carbocycles. The van der Waals surface area contributed by atoms with Crippen molar-refractivity contribution < 1.29 is 23.7 Å². The minimum absolute atomic E-state index is 0.212. The normalized spacial score (nSPS) is 30.7. The maximum Gasteiger partial charge on any atom is 0.330 e.